The van der Waals surface area contributed by atoms with Crippen molar-refractivity contribution in [3.8, 4) is 0 Å². The highest BCUT2D eigenvalue weighted by Gasteiger charge is 2.24. The van der Waals surface area contributed by atoms with E-state index < -0.39 is 10.0 Å². The molecule has 0 radical (unpaired) electrons. The lowest BCUT2D eigenvalue weighted by atomic mass is 10.2. The number of likely N-dealkylation sites (tertiary alicyclic amines) is 1. The normalized spacial score (nSPS) is 21.3. The second kappa shape index (κ2) is 5.26. The average molecular weight is 269 g/mol. The number of sulfonamides is 1. The molecule has 5 nitrogen and oxygen atoms in total. The maximum Gasteiger partial charge on any atom is 0.242 e. The standard InChI is InChI=1S/C12H19N3O2S/c1-15-8-4-5-10(15)9-14-18(16,17)12-7-3-2-6-11(12)13/h2-3,6-7,10,14H,4-5,8-9,13H2,1H3. The van der Waals surface area contributed by atoms with Gasteiger partial charge in [-0.1, -0.05) is 12.1 Å². The molecule has 0 bridgehead atoms. The zero-order chi connectivity index (χ0) is 13.2. The molecular formula is C12H19N3O2S. The summed E-state index contributed by atoms with van der Waals surface area (Å²) in [6.45, 7) is 1.47. The van der Waals surface area contributed by atoms with E-state index in [1.54, 1.807) is 18.2 Å². The summed E-state index contributed by atoms with van der Waals surface area (Å²) in [5, 5.41) is 0. The van der Waals surface area contributed by atoms with E-state index in [1.807, 2.05) is 7.05 Å². The van der Waals surface area contributed by atoms with Crippen molar-refractivity contribution in [2.75, 3.05) is 25.9 Å². The number of hydrogen-bond donors (Lipinski definition) is 2. The summed E-state index contributed by atoms with van der Waals surface area (Å²) in [5.41, 5.74) is 5.97. The van der Waals surface area contributed by atoms with Gasteiger partial charge in [-0.15, -0.1) is 0 Å². The Labute approximate surface area is 108 Å². The largest absolute Gasteiger partial charge is 0.398 e. The van der Waals surface area contributed by atoms with Crippen molar-refractivity contribution < 1.29 is 8.42 Å². The molecule has 6 heteroatoms. The zero-order valence-corrected chi connectivity index (χ0v) is 11.3. The number of benzene rings is 1. The van der Waals surface area contributed by atoms with Gasteiger partial charge in [0.05, 0.1) is 5.69 Å². The highest BCUT2D eigenvalue weighted by molar-refractivity contribution is 7.89. The predicted octanol–water partition coefficient (Wildman–Crippen LogP) is 0.641. The Morgan fingerprint density at radius 1 is 1.44 bits per heavy atom. The molecule has 1 aliphatic heterocycles. The Balaban J connectivity index is 2.06. The van der Waals surface area contributed by atoms with Crippen LogP contribution in [0.4, 0.5) is 5.69 Å². The lowest BCUT2D eigenvalue weighted by Crippen LogP contribution is -2.38. The minimum atomic E-state index is -3.50. The maximum absolute atomic E-state index is 12.1. The van der Waals surface area contributed by atoms with Crippen molar-refractivity contribution in [2.45, 2.75) is 23.8 Å². The van der Waals surface area contributed by atoms with Gasteiger partial charge in [0.2, 0.25) is 10.0 Å². The molecule has 1 aromatic rings. The molecule has 1 heterocycles. The van der Waals surface area contributed by atoms with Crippen molar-refractivity contribution in [2.24, 2.45) is 0 Å². The molecule has 1 atom stereocenters. The molecule has 0 saturated carbocycles. The number of nitrogens with zero attached hydrogens (tertiary/aromatic N) is 1. The van der Waals surface area contributed by atoms with Crippen LogP contribution in [0.1, 0.15) is 12.8 Å². The molecule has 0 amide bonds. The molecule has 3 N–H and O–H groups in total. The molecule has 1 aromatic carbocycles. The second-order valence-electron chi connectivity index (χ2n) is 4.67. The van der Waals surface area contributed by atoms with E-state index in [4.69, 9.17) is 5.73 Å². The Morgan fingerprint density at radius 2 is 2.17 bits per heavy atom. The van der Waals surface area contributed by atoms with Crippen molar-refractivity contribution in [1.82, 2.24) is 9.62 Å². The maximum atomic E-state index is 12.1. The van der Waals surface area contributed by atoms with Crippen LogP contribution in [0.2, 0.25) is 0 Å². The number of anilines is 1. The summed E-state index contributed by atoms with van der Waals surface area (Å²) in [6.07, 6.45) is 2.15. The molecule has 1 aliphatic rings. The van der Waals surface area contributed by atoms with Crippen LogP contribution in [0.15, 0.2) is 29.2 Å². The SMILES string of the molecule is CN1CCCC1CNS(=O)(=O)c1ccccc1N. The second-order valence-corrected chi connectivity index (χ2v) is 6.40. The fraction of sp³-hybridized carbons (Fsp3) is 0.500. The Morgan fingerprint density at radius 3 is 2.78 bits per heavy atom. The Bertz CT molecular complexity index is 516. The van der Waals surface area contributed by atoms with E-state index in [0.717, 1.165) is 19.4 Å². The molecule has 0 aliphatic carbocycles. The molecule has 0 aromatic heterocycles. The number of nitrogen functional groups attached to an aromatic ring is 1. The lowest BCUT2D eigenvalue weighted by molar-refractivity contribution is 0.311. The smallest absolute Gasteiger partial charge is 0.242 e. The van der Waals surface area contributed by atoms with Crippen molar-refractivity contribution >= 4 is 15.7 Å². The molecule has 0 spiro atoms. The quantitative estimate of drug-likeness (QED) is 0.787. The predicted molar refractivity (Wildman–Crippen MR) is 71.7 cm³/mol. The van der Waals surface area contributed by atoms with Gasteiger partial charge in [-0.3, -0.25) is 0 Å². The summed E-state index contributed by atoms with van der Waals surface area (Å²) in [4.78, 5) is 2.34. The first-order chi connectivity index (χ1) is 8.50. The van der Waals surface area contributed by atoms with Crippen LogP contribution in [0.5, 0.6) is 0 Å². The minimum Gasteiger partial charge on any atom is -0.398 e. The number of nitrogens with two attached hydrogens (primary N) is 1. The van der Waals surface area contributed by atoms with E-state index in [9.17, 15) is 8.42 Å². The van der Waals surface area contributed by atoms with E-state index in [2.05, 4.69) is 9.62 Å². The fourth-order valence-electron chi connectivity index (χ4n) is 2.25. The van der Waals surface area contributed by atoms with Crippen LogP contribution < -0.4 is 10.5 Å². The van der Waals surface area contributed by atoms with Crippen molar-refractivity contribution in [3.05, 3.63) is 24.3 Å². The first kappa shape index (κ1) is 13.3. The number of likely N-dealkylation sites (N-methyl/N-ethyl adjacent to an activating group) is 1. The van der Waals surface area contributed by atoms with Crippen LogP contribution in [0.3, 0.4) is 0 Å². The first-order valence-corrected chi connectivity index (χ1v) is 7.53. The van der Waals surface area contributed by atoms with Gasteiger partial charge in [-0.25, -0.2) is 13.1 Å². The monoisotopic (exact) mass is 269 g/mol. The number of nitrogens with one attached hydrogen (secondary N) is 1. The molecule has 100 valence electrons. The highest BCUT2D eigenvalue weighted by Crippen LogP contribution is 2.18. The summed E-state index contributed by atoms with van der Waals surface area (Å²) in [5.74, 6) is 0. The fourth-order valence-corrected chi connectivity index (χ4v) is 3.45. The minimum absolute atomic E-state index is 0.158. The highest BCUT2D eigenvalue weighted by atomic mass is 32.2. The summed E-state index contributed by atoms with van der Waals surface area (Å²) in [6, 6.07) is 6.79. The van der Waals surface area contributed by atoms with Crippen LogP contribution in [0.25, 0.3) is 0 Å². The summed E-state index contributed by atoms with van der Waals surface area (Å²) < 4.78 is 26.9. The number of para-hydroxylation sites is 1. The van der Waals surface area contributed by atoms with Crippen molar-refractivity contribution in [1.29, 1.82) is 0 Å². The van der Waals surface area contributed by atoms with Crippen LogP contribution in [-0.4, -0.2) is 39.5 Å². The number of hydrogen-bond acceptors (Lipinski definition) is 4. The summed E-state index contributed by atoms with van der Waals surface area (Å²) >= 11 is 0. The van der Waals surface area contributed by atoms with Crippen LogP contribution >= 0.6 is 0 Å². The number of rotatable bonds is 4. The van der Waals surface area contributed by atoms with E-state index in [0.29, 0.717) is 6.54 Å². The van der Waals surface area contributed by atoms with E-state index in [1.165, 1.54) is 6.07 Å². The lowest BCUT2D eigenvalue weighted by Gasteiger charge is -2.19. The van der Waals surface area contributed by atoms with Gasteiger partial charge in [0.15, 0.2) is 0 Å². The van der Waals surface area contributed by atoms with Gasteiger partial charge in [0.1, 0.15) is 4.90 Å². The molecular weight excluding hydrogens is 250 g/mol. The van der Waals surface area contributed by atoms with Gasteiger partial charge >= 0.3 is 0 Å². The molecule has 18 heavy (non-hydrogen) atoms. The molecule has 2 rings (SSSR count). The molecule has 1 unspecified atom stereocenters. The third-order valence-electron chi connectivity index (χ3n) is 3.39. The molecule has 1 saturated heterocycles. The van der Waals surface area contributed by atoms with Gasteiger partial charge < -0.3 is 10.6 Å². The third kappa shape index (κ3) is 2.82. The molecule has 1 fully saturated rings. The van der Waals surface area contributed by atoms with E-state index >= 15 is 0 Å². The topological polar surface area (TPSA) is 75.4 Å². The average Bonchev–Trinajstić information content (AvgIpc) is 2.73. The van der Waals surface area contributed by atoms with Gasteiger partial charge in [0.25, 0.3) is 0 Å². The Hall–Kier alpha value is -1.11. The van der Waals surface area contributed by atoms with Gasteiger partial charge in [0, 0.05) is 12.6 Å². The van der Waals surface area contributed by atoms with Crippen molar-refractivity contribution in [3.63, 3.8) is 0 Å². The van der Waals surface area contributed by atoms with Crippen LogP contribution in [0, 0.1) is 0 Å². The van der Waals surface area contributed by atoms with Gasteiger partial charge in [-0.2, -0.15) is 0 Å². The zero-order valence-electron chi connectivity index (χ0n) is 10.5. The van der Waals surface area contributed by atoms with E-state index in [-0.39, 0.29) is 16.6 Å². The summed E-state index contributed by atoms with van der Waals surface area (Å²) in [7, 11) is -1.49. The first-order valence-electron chi connectivity index (χ1n) is 6.05. The third-order valence-corrected chi connectivity index (χ3v) is 4.89. The Kier molecular flexibility index (Phi) is 3.89. The van der Waals surface area contributed by atoms with Gasteiger partial charge in [-0.05, 0) is 38.6 Å². The van der Waals surface area contributed by atoms with Crippen LogP contribution in [-0.2, 0) is 10.0 Å².